The average molecular weight is 200 g/mol. The molecule has 0 aromatic heterocycles. The summed E-state index contributed by atoms with van der Waals surface area (Å²) in [5, 5.41) is 0. The Balaban J connectivity index is 0.000000791. The van der Waals surface area contributed by atoms with Crippen molar-refractivity contribution in [2.45, 2.75) is 60.5 Å². The van der Waals surface area contributed by atoms with Crippen LogP contribution in [0.1, 0.15) is 54.4 Å². The zero-order chi connectivity index (χ0) is 11.1. The number of hydrogen-bond acceptors (Lipinski definition) is 1. The molecule has 86 valence electrons. The number of rotatable bonds is 2. The first kappa shape index (κ1) is 14.0. The van der Waals surface area contributed by atoms with Crippen LogP contribution in [-0.2, 0) is 4.74 Å². The van der Waals surface area contributed by atoms with Crippen molar-refractivity contribution in [2.75, 3.05) is 6.61 Å². The molecule has 0 aliphatic carbocycles. The predicted molar refractivity (Wildman–Crippen MR) is 63.5 cm³/mol. The van der Waals surface area contributed by atoms with Crippen molar-refractivity contribution in [2.24, 2.45) is 17.8 Å². The zero-order valence-corrected chi connectivity index (χ0v) is 10.8. The van der Waals surface area contributed by atoms with Crippen LogP contribution in [-0.4, -0.2) is 12.7 Å². The minimum Gasteiger partial charge on any atom is -0.378 e. The standard InChI is InChI=1S/C11H22O.C2H6/c1-8(2)10(4)11-7-9(3)5-6-12-11;1-2/h8-11H,5-7H2,1-4H3;1-2H3. The number of hydrogen-bond donors (Lipinski definition) is 0. The van der Waals surface area contributed by atoms with Crippen molar-refractivity contribution in [3.63, 3.8) is 0 Å². The van der Waals surface area contributed by atoms with E-state index in [4.69, 9.17) is 4.74 Å². The van der Waals surface area contributed by atoms with Gasteiger partial charge in [-0.25, -0.2) is 0 Å². The molecule has 0 aromatic carbocycles. The molecule has 1 aliphatic rings. The minimum absolute atomic E-state index is 0.522. The van der Waals surface area contributed by atoms with Crippen LogP contribution < -0.4 is 0 Å². The van der Waals surface area contributed by atoms with Crippen molar-refractivity contribution >= 4 is 0 Å². The number of ether oxygens (including phenoxy) is 1. The molecule has 0 saturated carbocycles. The smallest absolute Gasteiger partial charge is 0.0605 e. The van der Waals surface area contributed by atoms with Crippen molar-refractivity contribution in [1.82, 2.24) is 0 Å². The summed E-state index contributed by atoms with van der Waals surface area (Å²) in [5.41, 5.74) is 0. The fourth-order valence-corrected chi connectivity index (χ4v) is 1.80. The predicted octanol–water partition coefficient (Wildman–Crippen LogP) is 4.12. The third-order valence-electron chi connectivity index (χ3n) is 3.22. The minimum atomic E-state index is 0.522. The first-order chi connectivity index (χ1) is 6.61. The molecular weight excluding hydrogens is 172 g/mol. The fraction of sp³-hybridized carbons (Fsp3) is 1.00. The van der Waals surface area contributed by atoms with Crippen LogP contribution in [0, 0.1) is 17.8 Å². The lowest BCUT2D eigenvalue weighted by molar-refractivity contribution is -0.0451. The Kier molecular flexibility index (Phi) is 7.26. The van der Waals surface area contributed by atoms with Crippen LogP contribution in [0.2, 0.25) is 0 Å². The van der Waals surface area contributed by atoms with Gasteiger partial charge in [-0.3, -0.25) is 0 Å². The summed E-state index contributed by atoms with van der Waals surface area (Å²) >= 11 is 0. The molecule has 0 N–H and O–H groups in total. The van der Waals surface area contributed by atoms with Crippen LogP contribution >= 0.6 is 0 Å². The van der Waals surface area contributed by atoms with E-state index in [1.807, 2.05) is 13.8 Å². The molecule has 14 heavy (non-hydrogen) atoms. The van der Waals surface area contributed by atoms with E-state index in [1.165, 1.54) is 12.8 Å². The van der Waals surface area contributed by atoms with Gasteiger partial charge in [-0.1, -0.05) is 41.5 Å². The van der Waals surface area contributed by atoms with E-state index >= 15 is 0 Å². The van der Waals surface area contributed by atoms with E-state index in [9.17, 15) is 0 Å². The molecule has 3 atom stereocenters. The summed E-state index contributed by atoms with van der Waals surface area (Å²) in [5.74, 6) is 2.33. The van der Waals surface area contributed by atoms with Crippen LogP contribution in [0.15, 0.2) is 0 Å². The van der Waals surface area contributed by atoms with Crippen molar-refractivity contribution in [1.29, 1.82) is 0 Å². The highest BCUT2D eigenvalue weighted by atomic mass is 16.5. The molecule has 0 bridgehead atoms. The Morgan fingerprint density at radius 1 is 1.14 bits per heavy atom. The molecule has 1 heteroatoms. The second-order valence-corrected chi connectivity index (χ2v) is 4.64. The SMILES string of the molecule is CC.CC1CCOC(C(C)C(C)C)C1. The van der Waals surface area contributed by atoms with Crippen LogP contribution in [0.3, 0.4) is 0 Å². The summed E-state index contributed by atoms with van der Waals surface area (Å²) < 4.78 is 5.77. The maximum atomic E-state index is 5.77. The van der Waals surface area contributed by atoms with Crippen molar-refractivity contribution < 1.29 is 4.74 Å². The van der Waals surface area contributed by atoms with E-state index in [2.05, 4.69) is 27.7 Å². The third-order valence-corrected chi connectivity index (χ3v) is 3.22. The molecule has 0 radical (unpaired) electrons. The van der Waals surface area contributed by atoms with E-state index < -0.39 is 0 Å². The lowest BCUT2D eigenvalue weighted by Crippen LogP contribution is -2.32. The molecule has 0 spiro atoms. The summed E-state index contributed by atoms with van der Waals surface area (Å²) in [6.45, 7) is 14.2. The topological polar surface area (TPSA) is 9.23 Å². The van der Waals surface area contributed by atoms with Crippen LogP contribution in [0.4, 0.5) is 0 Å². The van der Waals surface area contributed by atoms with E-state index in [0.29, 0.717) is 12.0 Å². The molecule has 1 rings (SSSR count). The monoisotopic (exact) mass is 200 g/mol. The first-order valence-corrected chi connectivity index (χ1v) is 6.23. The molecule has 1 nitrogen and oxygen atoms in total. The summed E-state index contributed by atoms with van der Waals surface area (Å²) in [4.78, 5) is 0. The highest BCUT2D eigenvalue weighted by molar-refractivity contribution is 4.75. The zero-order valence-electron chi connectivity index (χ0n) is 10.8. The Bertz CT molecular complexity index is 131. The van der Waals surface area contributed by atoms with Gasteiger partial charge in [0.1, 0.15) is 0 Å². The van der Waals surface area contributed by atoms with Gasteiger partial charge >= 0.3 is 0 Å². The van der Waals surface area contributed by atoms with E-state index in [-0.39, 0.29) is 0 Å². The highest BCUT2D eigenvalue weighted by Crippen LogP contribution is 2.28. The van der Waals surface area contributed by atoms with Gasteiger partial charge in [-0.05, 0) is 30.6 Å². The Hall–Kier alpha value is -0.0400. The Morgan fingerprint density at radius 3 is 2.14 bits per heavy atom. The maximum Gasteiger partial charge on any atom is 0.0605 e. The molecular formula is C13H28O. The largest absolute Gasteiger partial charge is 0.378 e. The molecule has 1 saturated heterocycles. The molecule has 1 aliphatic heterocycles. The second kappa shape index (κ2) is 7.28. The van der Waals surface area contributed by atoms with Gasteiger partial charge in [-0.15, -0.1) is 0 Å². The molecule has 0 amide bonds. The van der Waals surface area contributed by atoms with Gasteiger partial charge in [0.15, 0.2) is 0 Å². The summed E-state index contributed by atoms with van der Waals surface area (Å²) in [6, 6.07) is 0. The van der Waals surface area contributed by atoms with Gasteiger partial charge < -0.3 is 4.74 Å². The maximum absolute atomic E-state index is 5.77. The van der Waals surface area contributed by atoms with Crippen LogP contribution in [0.25, 0.3) is 0 Å². The Labute approximate surface area is 90.2 Å². The van der Waals surface area contributed by atoms with Gasteiger partial charge in [0.05, 0.1) is 6.10 Å². The quantitative estimate of drug-likeness (QED) is 0.651. The van der Waals surface area contributed by atoms with E-state index in [1.54, 1.807) is 0 Å². The molecule has 1 heterocycles. The van der Waals surface area contributed by atoms with Crippen molar-refractivity contribution in [3.8, 4) is 0 Å². The Morgan fingerprint density at radius 2 is 1.71 bits per heavy atom. The molecule has 3 unspecified atom stereocenters. The second-order valence-electron chi connectivity index (χ2n) is 4.64. The van der Waals surface area contributed by atoms with Gasteiger partial charge in [0.2, 0.25) is 0 Å². The lowest BCUT2D eigenvalue weighted by Gasteiger charge is -2.33. The molecule has 1 fully saturated rings. The lowest BCUT2D eigenvalue weighted by atomic mass is 9.85. The van der Waals surface area contributed by atoms with Gasteiger partial charge in [0.25, 0.3) is 0 Å². The molecule has 0 aromatic rings. The summed E-state index contributed by atoms with van der Waals surface area (Å²) in [6.07, 6.45) is 3.04. The third kappa shape index (κ3) is 4.45. The van der Waals surface area contributed by atoms with Crippen molar-refractivity contribution in [3.05, 3.63) is 0 Å². The summed E-state index contributed by atoms with van der Waals surface area (Å²) in [7, 11) is 0. The highest BCUT2D eigenvalue weighted by Gasteiger charge is 2.26. The normalized spacial score (nSPS) is 29.4. The fourth-order valence-electron chi connectivity index (χ4n) is 1.80. The first-order valence-electron chi connectivity index (χ1n) is 6.23. The van der Waals surface area contributed by atoms with Crippen LogP contribution in [0.5, 0.6) is 0 Å². The van der Waals surface area contributed by atoms with E-state index in [0.717, 1.165) is 18.4 Å². The van der Waals surface area contributed by atoms with Gasteiger partial charge in [0, 0.05) is 6.61 Å². The van der Waals surface area contributed by atoms with Gasteiger partial charge in [-0.2, -0.15) is 0 Å². The average Bonchev–Trinajstić information content (AvgIpc) is 2.19.